The fraction of sp³-hybridized carbons (Fsp3) is 0.417. The van der Waals surface area contributed by atoms with Crippen LogP contribution in [0.1, 0.15) is 32.8 Å². The molecule has 80 valence electrons. The highest BCUT2D eigenvalue weighted by Gasteiger charge is 2.18. The van der Waals surface area contributed by atoms with Crippen molar-refractivity contribution >= 4 is 15.9 Å². The average molecular weight is 268 g/mol. The molecule has 0 unspecified atom stereocenters. The summed E-state index contributed by atoms with van der Waals surface area (Å²) in [5.41, 5.74) is 0.326. The number of halogens is 1. The van der Waals surface area contributed by atoms with E-state index in [1.807, 2.05) is 26.0 Å². The van der Waals surface area contributed by atoms with Crippen LogP contribution >= 0.6 is 15.9 Å². The lowest BCUT2D eigenvalue weighted by atomic mass is 10.1. The van der Waals surface area contributed by atoms with E-state index in [2.05, 4.69) is 28.9 Å². The molecule has 0 N–H and O–H groups in total. The first kappa shape index (κ1) is 12.1. The molecule has 0 bridgehead atoms. The van der Waals surface area contributed by atoms with Gasteiger partial charge in [0, 0.05) is 4.47 Å². The van der Waals surface area contributed by atoms with Crippen LogP contribution in [0.25, 0.3) is 0 Å². The summed E-state index contributed by atoms with van der Waals surface area (Å²) in [6.45, 7) is 6.08. The normalized spacial score (nSPS) is 10.9. The third kappa shape index (κ3) is 3.24. The third-order valence-electron chi connectivity index (χ3n) is 2.30. The van der Waals surface area contributed by atoms with Gasteiger partial charge in [-0.05, 0) is 38.5 Å². The van der Waals surface area contributed by atoms with Crippen molar-refractivity contribution in [2.45, 2.75) is 32.8 Å². The van der Waals surface area contributed by atoms with Crippen LogP contribution in [0.2, 0.25) is 0 Å². The van der Waals surface area contributed by atoms with E-state index < -0.39 is 0 Å². The monoisotopic (exact) mass is 267 g/mol. The van der Waals surface area contributed by atoms with E-state index in [1.54, 1.807) is 6.07 Å². The second kappa shape index (κ2) is 4.67. The van der Waals surface area contributed by atoms with Crippen LogP contribution in [0.4, 0.5) is 0 Å². The SMILES string of the molecule is CCC(C)(C)Oc1cc(Br)ccc1C#N. The number of benzene rings is 1. The van der Waals surface area contributed by atoms with Gasteiger partial charge in [0.25, 0.3) is 0 Å². The average Bonchev–Trinajstić information content (AvgIpc) is 2.18. The van der Waals surface area contributed by atoms with E-state index in [4.69, 9.17) is 10.00 Å². The first-order valence-corrected chi connectivity index (χ1v) is 5.66. The predicted octanol–water partition coefficient (Wildman–Crippen LogP) is 3.89. The van der Waals surface area contributed by atoms with Crippen LogP contribution in [0.5, 0.6) is 5.75 Å². The standard InChI is InChI=1S/C12H14BrNO/c1-4-12(2,3)15-11-7-10(13)6-5-9(11)8-14/h5-7H,4H2,1-3H3. The molecule has 3 heteroatoms. The smallest absolute Gasteiger partial charge is 0.138 e. The zero-order chi connectivity index (χ0) is 11.5. The largest absolute Gasteiger partial charge is 0.486 e. The van der Waals surface area contributed by atoms with Gasteiger partial charge in [0.15, 0.2) is 0 Å². The van der Waals surface area contributed by atoms with Crippen molar-refractivity contribution in [3.8, 4) is 11.8 Å². The molecule has 0 fully saturated rings. The maximum absolute atomic E-state index is 8.93. The molecule has 0 spiro atoms. The lowest BCUT2D eigenvalue weighted by molar-refractivity contribution is 0.105. The van der Waals surface area contributed by atoms with Gasteiger partial charge in [0.2, 0.25) is 0 Å². The van der Waals surface area contributed by atoms with Gasteiger partial charge >= 0.3 is 0 Å². The number of hydrogen-bond acceptors (Lipinski definition) is 2. The van der Waals surface area contributed by atoms with Crippen LogP contribution in [-0.4, -0.2) is 5.60 Å². The minimum Gasteiger partial charge on any atom is -0.486 e. The summed E-state index contributed by atoms with van der Waals surface area (Å²) in [5.74, 6) is 0.638. The molecular formula is C12H14BrNO. The highest BCUT2D eigenvalue weighted by Crippen LogP contribution is 2.27. The third-order valence-corrected chi connectivity index (χ3v) is 2.80. The van der Waals surface area contributed by atoms with Crippen LogP contribution in [0, 0.1) is 11.3 Å². The zero-order valence-electron chi connectivity index (χ0n) is 9.17. The summed E-state index contributed by atoms with van der Waals surface area (Å²) in [7, 11) is 0. The molecule has 15 heavy (non-hydrogen) atoms. The summed E-state index contributed by atoms with van der Waals surface area (Å²) < 4.78 is 6.72. The number of rotatable bonds is 3. The van der Waals surface area contributed by atoms with Crippen LogP contribution in [0.15, 0.2) is 22.7 Å². The van der Waals surface area contributed by atoms with Gasteiger partial charge in [0.1, 0.15) is 17.4 Å². The minimum atomic E-state index is -0.244. The van der Waals surface area contributed by atoms with E-state index in [0.717, 1.165) is 10.9 Å². The Balaban J connectivity index is 3.04. The number of nitrogens with zero attached hydrogens (tertiary/aromatic N) is 1. The summed E-state index contributed by atoms with van der Waals surface area (Å²) in [6, 6.07) is 7.55. The Labute approximate surface area is 99.0 Å². The Morgan fingerprint density at radius 1 is 1.47 bits per heavy atom. The number of hydrogen-bond donors (Lipinski definition) is 0. The molecule has 1 aromatic rings. The lowest BCUT2D eigenvalue weighted by Crippen LogP contribution is -2.27. The summed E-state index contributed by atoms with van der Waals surface area (Å²) in [4.78, 5) is 0. The topological polar surface area (TPSA) is 33.0 Å². The van der Waals surface area contributed by atoms with Crippen molar-refractivity contribution in [2.75, 3.05) is 0 Å². The molecule has 1 rings (SSSR count). The van der Waals surface area contributed by atoms with Gasteiger partial charge in [-0.2, -0.15) is 5.26 Å². The van der Waals surface area contributed by atoms with E-state index >= 15 is 0 Å². The van der Waals surface area contributed by atoms with Crippen molar-refractivity contribution in [1.82, 2.24) is 0 Å². The Kier molecular flexibility index (Phi) is 3.76. The number of ether oxygens (including phenoxy) is 1. The van der Waals surface area contributed by atoms with Gasteiger partial charge < -0.3 is 4.74 Å². The second-order valence-corrected chi connectivity index (χ2v) is 4.88. The van der Waals surface area contributed by atoms with Gasteiger partial charge in [-0.1, -0.05) is 22.9 Å². The quantitative estimate of drug-likeness (QED) is 0.833. The van der Waals surface area contributed by atoms with Gasteiger partial charge in [-0.25, -0.2) is 0 Å². The maximum Gasteiger partial charge on any atom is 0.138 e. The van der Waals surface area contributed by atoms with Gasteiger partial charge in [-0.3, -0.25) is 0 Å². The molecule has 0 atom stereocenters. The van der Waals surface area contributed by atoms with Crippen molar-refractivity contribution < 1.29 is 4.74 Å². The fourth-order valence-electron chi connectivity index (χ4n) is 1.04. The molecule has 0 amide bonds. The molecule has 2 nitrogen and oxygen atoms in total. The Morgan fingerprint density at radius 2 is 2.13 bits per heavy atom. The maximum atomic E-state index is 8.93. The highest BCUT2D eigenvalue weighted by atomic mass is 79.9. The lowest BCUT2D eigenvalue weighted by Gasteiger charge is -2.25. The molecule has 0 aromatic heterocycles. The molecule has 0 aliphatic rings. The Bertz CT molecular complexity index is 393. The Morgan fingerprint density at radius 3 is 2.67 bits per heavy atom. The molecular weight excluding hydrogens is 254 g/mol. The van der Waals surface area contributed by atoms with Crippen molar-refractivity contribution in [3.05, 3.63) is 28.2 Å². The van der Waals surface area contributed by atoms with Crippen LogP contribution < -0.4 is 4.74 Å². The molecule has 0 saturated carbocycles. The van der Waals surface area contributed by atoms with E-state index in [1.165, 1.54) is 0 Å². The highest BCUT2D eigenvalue weighted by molar-refractivity contribution is 9.10. The summed E-state index contributed by atoms with van der Waals surface area (Å²) >= 11 is 3.37. The van der Waals surface area contributed by atoms with Crippen molar-refractivity contribution in [1.29, 1.82) is 5.26 Å². The zero-order valence-corrected chi connectivity index (χ0v) is 10.8. The fourth-order valence-corrected chi connectivity index (χ4v) is 1.38. The van der Waals surface area contributed by atoms with Gasteiger partial charge in [-0.15, -0.1) is 0 Å². The minimum absolute atomic E-state index is 0.244. The molecule has 0 aliphatic heterocycles. The molecule has 1 aromatic carbocycles. The van der Waals surface area contributed by atoms with Gasteiger partial charge in [0.05, 0.1) is 5.56 Å². The van der Waals surface area contributed by atoms with E-state index in [0.29, 0.717) is 11.3 Å². The molecule has 0 aliphatic carbocycles. The number of nitriles is 1. The predicted molar refractivity (Wildman–Crippen MR) is 63.9 cm³/mol. The van der Waals surface area contributed by atoms with Crippen LogP contribution in [0.3, 0.4) is 0 Å². The molecule has 0 saturated heterocycles. The van der Waals surface area contributed by atoms with E-state index in [-0.39, 0.29) is 5.60 Å². The van der Waals surface area contributed by atoms with E-state index in [9.17, 15) is 0 Å². The Hall–Kier alpha value is -1.01. The van der Waals surface area contributed by atoms with Crippen molar-refractivity contribution in [2.24, 2.45) is 0 Å². The summed E-state index contributed by atoms with van der Waals surface area (Å²) in [5, 5.41) is 8.93. The van der Waals surface area contributed by atoms with Crippen LogP contribution in [-0.2, 0) is 0 Å². The first-order valence-electron chi connectivity index (χ1n) is 4.87. The second-order valence-electron chi connectivity index (χ2n) is 3.97. The summed E-state index contributed by atoms with van der Waals surface area (Å²) in [6.07, 6.45) is 0.893. The molecule has 0 heterocycles. The molecule has 0 radical (unpaired) electrons. The van der Waals surface area contributed by atoms with Crippen molar-refractivity contribution in [3.63, 3.8) is 0 Å². The first-order chi connectivity index (χ1) is 6.98.